The highest BCUT2D eigenvalue weighted by atomic mass is 16.5. The molecule has 0 radical (unpaired) electrons. The number of methoxy groups -OCH3 is 1. The second-order valence-electron chi connectivity index (χ2n) is 5.75. The second-order valence-corrected chi connectivity index (χ2v) is 5.75. The Bertz CT molecular complexity index is 453. The van der Waals surface area contributed by atoms with Gasteiger partial charge in [0.2, 0.25) is 0 Å². The van der Waals surface area contributed by atoms with Crippen LogP contribution in [0.15, 0.2) is 6.07 Å². The van der Waals surface area contributed by atoms with Gasteiger partial charge >= 0.3 is 0 Å². The number of benzene rings is 1. The molecule has 0 amide bonds. The third-order valence-electron chi connectivity index (χ3n) is 4.27. The third-order valence-corrected chi connectivity index (χ3v) is 4.27. The van der Waals surface area contributed by atoms with Gasteiger partial charge in [-0.1, -0.05) is 0 Å². The van der Waals surface area contributed by atoms with Crippen molar-refractivity contribution in [3.8, 4) is 5.75 Å². The van der Waals surface area contributed by atoms with Gasteiger partial charge in [-0.2, -0.15) is 0 Å². The van der Waals surface area contributed by atoms with Crippen LogP contribution in [-0.2, 0) is 0 Å². The van der Waals surface area contributed by atoms with E-state index in [4.69, 9.17) is 4.74 Å². The number of hydrogen-bond acceptors (Lipinski definition) is 3. The van der Waals surface area contributed by atoms with Gasteiger partial charge in [0.25, 0.3) is 0 Å². The monoisotopic (exact) mass is 264 g/mol. The maximum atomic E-state index is 5.45. The molecule has 0 aromatic heterocycles. The van der Waals surface area contributed by atoms with Gasteiger partial charge in [0.05, 0.1) is 13.2 Å². The number of likely N-dealkylation sites (N-methyl/N-ethyl adjacent to an activating group) is 2. The van der Waals surface area contributed by atoms with Gasteiger partial charge < -0.3 is 15.4 Å². The van der Waals surface area contributed by atoms with Crippen molar-refractivity contribution in [3.05, 3.63) is 28.3 Å². The van der Waals surface area contributed by atoms with E-state index in [-0.39, 0.29) is 11.6 Å². The van der Waals surface area contributed by atoms with Gasteiger partial charge in [-0.25, -0.2) is 0 Å². The van der Waals surface area contributed by atoms with Crippen molar-refractivity contribution in [1.82, 2.24) is 10.6 Å². The smallest absolute Gasteiger partial charge is 0.122 e. The molecular weight excluding hydrogens is 236 g/mol. The first-order valence-corrected chi connectivity index (χ1v) is 6.81. The summed E-state index contributed by atoms with van der Waals surface area (Å²) in [5.41, 5.74) is 5.13. The molecular formula is C16H28N2O. The quantitative estimate of drug-likeness (QED) is 0.858. The first kappa shape index (κ1) is 16.0. The molecule has 0 bridgehead atoms. The van der Waals surface area contributed by atoms with E-state index in [2.05, 4.69) is 51.3 Å². The van der Waals surface area contributed by atoms with Gasteiger partial charge in [-0.3, -0.25) is 0 Å². The van der Waals surface area contributed by atoms with Crippen molar-refractivity contribution in [2.75, 3.05) is 21.2 Å². The van der Waals surface area contributed by atoms with E-state index < -0.39 is 0 Å². The van der Waals surface area contributed by atoms with Crippen molar-refractivity contribution in [1.29, 1.82) is 0 Å². The minimum Gasteiger partial charge on any atom is -0.496 e. The topological polar surface area (TPSA) is 33.3 Å². The molecule has 1 atom stereocenters. The lowest BCUT2D eigenvalue weighted by atomic mass is 9.82. The summed E-state index contributed by atoms with van der Waals surface area (Å²) in [6.07, 6.45) is 0. The molecule has 108 valence electrons. The lowest BCUT2D eigenvalue weighted by Gasteiger charge is -2.36. The van der Waals surface area contributed by atoms with Crippen molar-refractivity contribution in [2.45, 2.75) is 46.2 Å². The zero-order valence-corrected chi connectivity index (χ0v) is 13.6. The molecule has 1 aromatic carbocycles. The average molecular weight is 264 g/mol. The number of aryl methyl sites for hydroxylation is 1. The normalized spacial score (nSPS) is 13.5. The van der Waals surface area contributed by atoms with E-state index >= 15 is 0 Å². The fourth-order valence-corrected chi connectivity index (χ4v) is 2.73. The molecule has 0 saturated heterocycles. The lowest BCUT2D eigenvalue weighted by Crippen LogP contribution is -2.48. The van der Waals surface area contributed by atoms with Crippen LogP contribution in [0.2, 0.25) is 0 Å². The van der Waals surface area contributed by atoms with Crippen LogP contribution in [-0.4, -0.2) is 26.7 Å². The summed E-state index contributed by atoms with van der Waals surface area (Å²) in [6, 6.07) is 2.38. The highest BCUT2D eigenvalue weighted by molar-refractivity contribution is 5.50. The molecule has 2 N–H and O–H groups in total. The van der Waals surface area contributed by atoms with Crippen LogP contribution in [0.5, 0.6) is 5.75 Å². The molecule has 0 spiro atoms. The predicted molar refractivity (Wildman–Crippen MR) is 82.1 cm³/mol. The van der Waals surface area contributed by atoms with Crippen molar-refractivity contribution < 1.29 is 4.74 Å². The fraction of sp³-hybridized carbons (Fsp3) is 0.625. The maximum Gasteiger partial charge on any atom is 0.122 e. The summed E-state index contributed by atoms with van der Waals surface area (Å²) in [7, 11) is 5.75. The molecule has 1 aromatic rings. The Labute approximate surface area is 117 Å². The van der Waals surface area contributed by atoms with E-state index in [1.54, 1.807) is 7.11 Å². The van der Waals surface area contributed by atoms with Crippen LogP contribution in [0.4, 0.5) is 0 Å². The van der Waals surface area contributed by atoms with Gasteiger partial charge in [-0.05, 0) is 77.0 Å². The molecule has 0 aliphatic heterocycles. The zero-order valence-electron chi connectivity index (χ0n) is 13.6. The summed E-state index contributed by atoms with van der Waals surface area (Å²) in [4.78, 5) is 0. The summed E-state index contributed by atoms with van der Waals surface area (Å²) >= 11 is 0. The minimum absolute atomic E-state index is 0.0225. The number of rotatable bonds is 5. The largest absolute Gasteiger partial charge is 0.496 e. The average Bonchev–Trinajstić information content (AvgIpc) is 2.38. The van der Waals surface area contributed by atoms with Gasteiger partial charge in [0.1, 0.15) is 5.75 Å². The maximum absolute atomic E-state index is 5.45. The van der Waals surface area contributed by atoms with Gasteiger partial charge in [0, 0.05) is 5.54 Å². The van der Waals surface area contributed by atoms with E-state index in [0.717, 1.165) is 5.75 Å². The summed E-state index contributed by atoms with van der Waals surface area (Å²) in [5, 5.41) is 6.85. The van der Waals surface area contributed by atoms with E-state index in [0.29, 0.717) is 0 Å². The zero-order chi connectivity index (χ0) is 14.8. The predicted octanol–water partition coefficient (Wildman–Crippen LogP) is 2.88. The van der Waals surface area contributed by atoms with Crippen molar-refractivity contribution in [3.63, 3.8) is 0 Å². The van der Waals surface area contributed by atoms with Gasteiger partial charge in [-0.15, -0.1) is 0 Å². The first-order chi connectivity index (χ1) is 8.80. The highest BCUT2D eigenvalue weighted by Crippen LogP contribution is 2.35. The molecule has 3 heteroatoms. The van der Waals surface area contributed by atoms with Crippen LogP contribution in [0.3, 0.4) is 0 Å². The summed E-state index contributed by atoms with van der Waals surface area (Å²) in [6.45, 7) is 10.9. The Balaban J connectivity index is 3.45. The standard InChI is InChI=1S/C16H28N2O/c1-10-9-13(19-8)11(2)12(3)14(10)15(17-6)16(4,5)18-7/h9,15,17-18H,1-8H3. The Kier molecular flexibility index (Phi) is 4.99. The molecule has 0 aliphatic carbocycles. The van der Waals surface area contributed by atoms with Crippen LogP contribution in [0.25, 0.3) is 0 Å². The fourth-order valence-electron chi connectivity index (χ4n) is 2.73. The Morgan fingerprint density at radius 2 is 1.68 bits per heavy atom. The molecule has 0 aliphatic rings. The minimum atomic E-state index is -0.0225. The third kappa shape index (κ3) is 2.93. The SMILES string of the molecule is CNC(c1c(C)cc(OC)c(C)c1C)C(C)(C)NC. The Morgan fingerprint density at radius 1 is 1.11 bits per heavy atom. The summed E-state index contributed by atoms with van der Waals surface area (Å²) in [5.74, 6) is 0.968. The van der Waals surface area contributed by atoms with E-state index in [9.17, 15) is 0 Å². The first-order valence-electron chi connectivity index (χ1n) is 6.81. The molecule has 1 unspecified atom stereocenters. The Morgan fingerprint density at radius 3 is 2.11 bits per heavy atom. The second kappa shape index (κ2) is 5.93. The van der Waals surface area contributed by atoms with Crippen molar-refractivity contribution in [2.24, 2.45) is 0 Å². The summed E-state index contributed by atoms with van der Waals surface area (Å²) < 4.78 is 5.45. The molecule has 3 nitrogen and oxygen atoms in total. The molecule has 0 fully saturated rings. The van der Waals surface area contributed by atoms with Crippen LogP contribution < -0.4 is 15.4 Å². The van der Waals surface area contributed by atoms with Gasteiger partial charge in [0.15, 0.2) is 0 Å². The molecule has 0 saturated carbocycles. The molecule has 0 heterocycles. The molecule has 19 heavy (non-hydrogen) atoms. The van der Waals surface area contributed by atoms with E-state index in [1.807, 2.05) is 14.1 Å². The van der Waals surface area contributed by atoms with E-state index in [1.165, 1.54) is 22.3 Å². The highest BCUT2D eigenvalue weighted by Gasteiger charge is 2.31. The van der Waals surface area contributed by atoms with Crippen LogP contribution in [0.1, 0.15) is 42.1 Å². The molecule has 1 rings (SSSR count). The number of ether oxygens (including phenoxy) is 1. The van der Waals surface area contributed by atoms with Crippen LogP contribution in [0, 0.1) is 20.8 Å². The number of nitrogens with one attached hydrogen (secondary N) is 2. The van der Waals surface area contributed by atoms with Crippen LogP contribution >= 0.6 is 0 Å². The Hall–Kier alpha value is -1.06. The number of hydrogen-bond donors (Lipinski definition) is 2. The lowest BCUT2D eigenvalue weighted by molar-refractivity contribution is 0.309. The van der Waals surface area contributed by atoms with Crippen molar-refractivity contribution >= 4 is 0 Å².